The van der Waals surface area contributed by atoms with Gasteiger partial charge in [-0.05, 0) is 45.3 Å². The van der Waals surface area contributed by atoms with Crippen LogP contribution in [-0.2, 0) is 6.54 Å². The van der Waals surface area contributed by atoms with E-state index in [1.54, 1.807) is 11.3 Å². The predicted molar refractivity (Wildman–Crippen MR) is 73.3 cm³/mol. The minimum atomic E-state index is 0.609. The third kappa shape index (κ3) is 3.76. The number of nitrogens with zero attached hydrogens (tertiary/aromatic N) is 2. The summed E-state index contributed by atoms with van der Waals surface area (Å²) in [5.41, 5.74) is 0. The molecule has 17 heavy (non-hydrogen) atoms. The third-order valence-corrected chi connectivity index (χ3v) is 4.62. The first kappa shape index (κ1) is 13.0. The molecule has 2 rings (SSSR count). The van der Waals surface area contributed by atoms with Crippen molar-refractivity contribution in [3.8, 4) is 0 Å². The van der Waals surface area contributed by atoms with Crippen LogP contribution in [0.3, 0.4) is 0 Å². The molecule has 1 aromatic rings. The number of hydrogen-bond donors (Lipinski definition) is 1. The monoisotopic (exact) mass is 253 g/mol. The molecule has 0 bridgehead atoms. The highest BCUT2D eigenvalue weighted by Crippen LogP contribution is 2.20. The zero-order chi connectivity index (χ0) is 12.1. The van der Waals surface area contributed by atoms with E-state index in [-0.39, 0.29) is 0 Å². The van der Waals surface area contributed by atoms with Crippen LogP contribution < -0.4 is 5.32 Å². The molecule has 2 heterocycles. The lowest BCUT2D eigenvalue weighted by atomic mass is 9.90. The summed E-state index contributed by atoms with van der Waals surface area (Å²) in [4.78, 5) is 6.85. The van der Waals surface area contributed by atoms with Crippen molar-refractivity contribution in [3.05, 3.63) is 16.6 Å². The van der Waals surface area contributed by atoms with Crippen molar-refractivity contribution in [3.63, 3.8) is 0 Å². The van der Waals surface area contributed by atoms with E-state index in [1.807, 2.05) is 11.6 Å². The van der Waals surface area contributed by atoms with Crippen LogP contribution in [0.1, 0.15) is 31.7 Å². The van der Waals surface area contributed by atoms with E-state index in [0.29, 0.717) is 6.04 Å². The van der Waals surface area contributed by atoms with Gasteiger partial charge in [0.25, 0.3) is 0 Å². The van der Waals surface area contributed by atoms with Crippen molar-refractivity contribution in [2.75, 3.05) is 19.6 Å². The van der Waals surface area contributed by atoms with E-state index in [1.165, 1.54) is 37.5 Å². The van der Waals surface area contributed by atoms with Crippen molar-refractivity contribution in [2.24, 2.45) is 5.92 Å². The van der Waals surface area contributed by atoms with Gasteiger partial charge in [0.1, 0.15) is 5.01 Å². The fraction of sp³-hybridized carbons (Fsp3) is 0.769. The van der Waals surface area contributed by atoms with Crippen LogP contribution in [-0.4, -0.2) is 35.6 Å². The Morgan fingerprint density at radius 2 is 2.29 bits per heavy atom. The van der Waals surface area contributed by atoms with Gasteiger partial charge < -0.3 is 10.2 Å². The van der Waals surface area contributed by atoms with Crippen LogP contribution in [0, 0.1) is 5.92 Å². The topological polar surface area (TPSA) is 28.2 Å². The van der Waals surface area contributed by atoms with Crippen molar-refractivity contribution < 1.29 is 0 Å². The standard InChI is InChI=1S/C13H23N3S/c1-3-16-7-4-12(5-8-16)11(2)15-10-13-14-6-9-17-13/h6,9,11-12,15H,3-5,7-8,10H2,1-2H3. The number of thiazole rings is 1. The molecule has 0 aliphatic carbocycles. The van der Waals surface area contributed by atoms with Crippen molar-refractivity contribution in [1.29, 1.82) is 0 Å². The van der Waals surface area contributed by atoms with E-state index in [0.717, 1.165) is 12.5 Å². The van der Waals surface area contributed by atoms with Gasteiger partial charge in [-0.15, -0.1) is 11.3 Å². The SMILES string of the molecule is CCN1CCC(C(C)NCc2nccs2)CC1. The minimum Gasteiger partial charge on any atom is -0.308 e. The van der Waals surface area contributed by atoms with Gasteiger partial charge in [-0.3, -0.25) is 0 Å². The first-order valence-corrected chi connectivity index (χ1v) is 7.51. The maximum atomic E-state index is 4.31. The van der Waals surface area contributed by atoms with Crippen LogP contribution in [0.15, 0.2) is 11.6 Å². The lowest BCUT2D eigenvalue weighted by Crippen LogP contribution is -2.41. The van der Waals surface area contributed by atoms with E-state index < -0.39 is 0 Å². The summed E-state index contributed by atoms with van der Waals surface area (Å²) in [5, 5.41) is 6.86. The van der Waals surface area contributed by atoms with Crippen LogP contribution >= 0.6 is 11.3 Å². The first-order valence-electron chi connectivity index (χ1n) is 6.63. The normalized spacial score (nSPS) is 20.6. The van der Waals surface area contributed by atoms with E-state index in [2.05, 4.69) is 29.0 Å². The highest BCUT2D eigenvalue weighted by Gasteiger charge is 2.22. The zero-order valence-corrected chi connectivity index (χ0v) is 11.7. The van der Waals surface area contributed by atoms with E-state index in [4.69, 9.17) is 0 Å². The number of hydrogen-bond acceptors (Lipinski definition) is 4. The smallest absolute Gasteiger partial charge is 0.106 e. The molecule has 1 N–H and O–H groups in total. The maximum absolute atomic E-state index is 4.31. The van der Waals surface area contributed by atoms with Gasteiger partial charge in [0.15, 0.2) is 0 Å². The number of likely N-dealkylation sites (tertiary alicyclic amines) is 1. The maximum Gasteiger partial charge on any atom is 0.106 e. The highest BCUT2D eigenvalue weighted by atomic mass is 32.1. The second kappa shape index (κ2) is 6.47. The number of piperidine rings is 1. The molecule has 0 amide bonds. The van der Waals surface area contributed by atoms with Crippen molar-refractivity contribution in [2.45, 2.75) is 39.3 Å². The van der Waals surface area contributed by atoms with Crippen molar-refractivity contribution >= 4 is 11.3 Å². The van der Waals surface area contributed by atoms with Gasteiger partial charge in [-0.2, -0.15) is 0 Å². The lowest BCUT2D eigenvalue weighted by Gasteiger charge is -2.34. The van der Waals surface area contributed by atoms with Crippen LogP contribution in [0.5, 0.6) is 0 Å². The van der Waals surface area contributed by atoms with Gasteiger partial charge in [0.05, 0.1) is 0 Å². The van der Waals surface area contributed by atoms with Crippen LogP contribution in [0.2, 0.25) is 0 Å². The van der Waals surface area contributed by atoms with Gasteiger partial charge in [-0.1, -0.05) is 6.92 Å². The number of aromatic nitrogens is 1. The molecular weight excluding hydrogens is 230 g/mol. The number of rotatable bonds is 5. The molecule has 1 unspecified atom stereocenters. The Bertz CT molecular complexity index is 304. The molecule has 0 spiro atoms. The molecule has 0 radical (unpaired) electrons. The summed E-state index contributed by atoms with van der Waals surface area (Å²) in [7, 11) is 0. The van der Waals surface area contributed by atoms with Gasteiger partial charge in [0, 0.05) is 24.2 Å². The molecule has 1 saturated heterocycles. The summed E-state index contributed by atoms with van der Waals surface area (Å²) >= 11 is 1.73. The molecule has 1 aliphatic heterocycles. The second-order valence-corrected chi connectivity index (χ2v) is 5.85. The summed E-state index contributed by atoms with van der Waals surface area (Å²) < 4.78 is 0. The minimum absolute atomic E-state index is 0.609. The molecule has 0 saturated carbocycles. The summed E-state index contributed by atoms with van der Waals surface area (Å²) in [5.74, 6) is 0.831. The Morgan fingerprint density at radius 1 is 1.53 bits per heavy atom. The van der Waals surface area contributed by atoms with E-state index in [9.17, 15) is 0 Å². The number of nitrogens with one attached hydrogen (secondary N) is 1. The highest BCUT2D eigenvalue weighted by molar-refractivity contribution is 7.09. The predicted octanol–water partition coefficient (Wildman–Crippen LogP) is 2.35. The summed E-state index contributed by atoms with van der Waals surface area (Å²) in [6, 6.07) is 0.609. The quantitative estimate of drug-likeness (QED) is 0.873. The Morgan fingerprint density at radius 3 is 2.88 bits per heavy atom. The Kier molecular flexibility index (Phi) is 4.95. The Labute approximate surface area is 108 Å². The Hall–Kier alpha value is -0.450. The van der Waals surface area contributed by atoms with Gasteiger partial charge in [-0.25, -0.2) is 4.98 Å². The lowest BCUT2D eigenvalue weighted by molar-refractivity contribution is 0.168. The van der Waals surface area contributed by atoms with Crippen LogP contribution in [0.4, 0.5) is 0 Å². The average molecular weight is 253 g/mol. The third-order valence-electron chi connectivity index (χ3n) is 3.85. The largest absolute Gasteiger partial charge is 0.308 e. The zero-order valence-electron chi connectivity index (χ0n) is 10.9. The molecule has 0 aromatic carbocycles. The van der Waals surface area contributed by atoms with Crippen LogP contribution in [0.25, 0.3) is 0 Å². The summed E-state index contributed by atoms with van der Waals surface area (Å²) in [6.07, 6.45) is 4.55. The molecule has 1 aromatic heterocycles. The molecular formula is C13H23N3S. The fourth-order valence-corrected chi connectivity index (χ4v) is 3.09. The van der Waals surface area contributed by atoms with Gasteiger partial charge in [0.2, 0.25) is 0 Å². The molecule has 96 valence electrons. The van der Waals surface area contributed by atoms with Gasteiger partial charge >= 0.3 is 0 Å². The molecule has 1 atom stereocenters. The Balaban J connectivity index is 1.71. The molecule has 1 fully saturated rings. The fourth-order valence-electron chi connectivity index (χ4n) is 2.52. The average Bonchev–Trinajstić information content (AvgIpc) is 2.89. The molecule has 4 heteroatoms. The van der Waals surface area contributed by atoms with Crippen molar-refractivity contribution in [1.82, 2.24) is 15.2 Å². The first-order chi connectivity index (χ1) is 8.29. The van der Waals surface area contributed by atoms with E-state index >= 15 is 0 Å². The molecule has 1 aliphatic rings. The summed E-state index contributed by atoms with van der Waals surface area (Å²) in [6.45, 7) is 9.24. The second-order valence-electron chi connectivity index (χ2n) is 4.87. The molecule has 3 nitrogen and oxygen atoms in total.